The van der Waals surface area contributed by atoms with E-state index >= 15 is 0 Å². The van der Waals surface area contributed by atoms with Crippen molar-refractivity contribution in [1.29, 1.82) is 0 Å². The number of alkyl halides is 3. The molecule has 0 aliphatic carbocycles. The van der Waals surface area contributed by atoms with Gasteiger partial charge in [-0.25, -0.2) is 14.2 Å². The van der Waals surface area contributed by atoms with E-state index in [1.807, 2.05) is 0 Å². The standard InChI is InChI=1S/C14H7Cl2F4NO4/c15-8-2-7(13(22)23)10(17)3-11(8)25-6-1-9(16)12(21-4-6)24-5-14(18,19)20/h1-4H,5H2,(H,22,23). The van der Waals surface area contributed by atoms with Gasteiger partial charge in [0.05, 0.1) is 16.8 Å². The minimum atomic E-state index is -4.56. The zero-order chi connectivity index (χ0) is 18.8. The normalized spacial score (nSPS) is 11.3. The maximum absolute atomic E-state index is 13.7. The Labute approximate surface area is 147 Å². The number of rotatable bonds is 5. The van der Waals surface area contributed by atoms with E-state index in [0.717, 1.165) is 24.4 Å². The van der Waals surface area contributed by atoms with Crippen LogP contribution in [0.2, 0.25) is 10.0 Å². The number of aromatic nitrogens is 1. The molecular weight excluding hydrogens is 393 g/mol. The highest BCUT2D eigenvalue weighted by atomic mass is 35.5. The van der Waals surface area contributed by atoms with Crippen molar-refractivity contribution in [2.24, 2.45) is 0 Å². The minimum absolute atomic E-state index is 0.0752. The lowest BCUT2D eigenvalue weighted by atomic mass is 10.2. The summed E-state index contributed by atoms with van der Waals surface area (Å²) in [4.78, 5) is 14.4. The molecule has 0 radical (unpaired) electrons. The molecule has 0 saturated carbocycles. The Bertz CT molecular complexity index is 814. The summed E-state index contributed by atoms with van der Waals surface area (Å²) in [7, 11) is 0. The molecule has 1 aromatic carbocycles. The van der Waals surface area contributed by atoms with Crippen molar-refractivity contribution >= 4 is 29.2 Å². The molecule has 0 saturated heterocycles. The second-order valence-electron chi connectivity index (χ2n) is 4.53. The lowest BCUT2D eigenvalue weighted by Crippen LogP contribution is -2.19. The summed E-state index contributed by atoms with van der Waals surface area (Å²) in [5, 5.41) is 8.31. The largest absolute Gasteiger partial charge is 0.478 e. The third-order valence-electron chi connectivity index (χ3n) is 2.63. The number of benzene rings is 1. The second-order valence-corrected chi connectivity index (χ2v) is 5.35. The summed E-state index contributed by atoms with van der Waals surface area (Å²) < 4.78 is 59.6. The number of nitrogens with zero attached hydrogens (tertiary/aromatic N) is 1. The van der Waals surface area contributed by atoms with Crippen molar-refractivity contribution in [3.63, 3.8) is 0 Å². The number of hydrogen-bond acceptors (Lipinski definition) is 4. The molecule has 134 valence electrons. The van der Waals surface area contributed by atoms with E-state index in [9.17, 15) is 22.4 Å². The van der Waals surface area contributed by atoms with Gasteiger partial charge in [-0.1, -0.05) is 23.2 Å². The van der Waals surface area contributed by atoms with Gasteiger partial charge in [0.15, 0.2) is 6.61 Å². The maximum atomic E-state index is 13.7. The van der Waals surface area contributed by atoms with Gasteiger partial charge in [-0.05, 0) is 6.07 Å². The number of aromatic carboxylic acids is 1. The molecule has 0 unspecified atom stereocenters. The van der Waals surface area contributed by atoms with Crippen LogP contribution in [-0.4, -0.2) is 28.8 Å². The first kappa shape index (κ1) is 19.1. The lowest BCUT2D eigenvalue weighted by molar-refractivity contribution is -0.154. The first-order chi connectivity index (χ1) is 11.6. The Morgan fingerprint density at radius 3 is 2.44 bits per heavy atom. The SMILES string of the molecule is O=C(O)c1cc(Cl)c(Oc2cnc(OCC(F)(F)F)c(Cl)c2)cc1F. The van der Waals surface area contributed by atoms with Gasteiger partial charge in [-0.15, -0.1) is 0 Å². The van der Waals surface area contributed by atoms with E-state index in [-0.39, 0.29) is 21.5 Å². The molecule has 0 bridgehead atoms. The summed E-state index contributed by atoms with van der Waals surface area (Å²) in [6.07, 6.45) is -3.58. The van der Waals surface area contributed by atoms with Gasteiger partial charge in [0, 0.05) is 12.1 Å². The number of carboxylic acid groups (broad SMARTS) is 1. The highest BCUT2D eigenvalue weighted by molar-refractivity contribution is 6.32. The van der Waals surface area contributed by atoms with Gasteiger partial charge in [-0.3, -0.25) is 0 Å². The van der Waals surface area contributed by atoms with Crippen molar-refractivity contribution < 1.29 is 36.9 Å². The number of halogens is 6. The number of hydrogen-bond donors (Lipinski definition) is 1. The van der Waals surface area contributed by atoms with Gasteiger partial charge in [-0.2, -0.15) is 13.2 Å². The third-order valence-corrected chi connectivity index (χ3v) is 3.20. The van der Waals surface area contributed by atoms with Gasteiger partial charge in [0.1, 0.15) is 22.3 Å². The van der Waals surface area contributed by atoms with Crippen LogP contribution in [0.15, 0.2) is 24.4 Å². The van der Waals surface area contributed by atoms with E-state index in [2.05, 4.69) is 9.72 Å². The van der Waals surface area contributed by atoms with Gasteiger partial charge in [0.2, 0.25) is 5.88 Å². The summed E-state index contributed by atoms with van der Waals surface area (Å²) in [6, 6.07) is 2.68. The average molecular weight is 400 g/mol. The van der Waals surface area contributed by atoms with E-state index in [1.54, 1.807) is 0 Å². The summed E-state index contributed by atoms with van der Waals surface area (Å²) in [6.45, 7) is -1.58. The molecule has 2 aromatic rings. The first-order valence-corrected chi connectivity index (χ1v) is 7.07. The quantitative estimate of drug-likeness (QED) is 0.719. The molecule has 0 aliphatic heterocycles. The Morgan fingerprint density at radius 1 is 1.20 bits per heavy atom. The maximum Gasteiger partial charge on any atom is 0.422 e. The fourth-order valence-electron chi connectivity index (χ4n) is 1.62. The van der Waals surface area contributed by atoms with Gasteiger partial charge < -0.3 is 14.6 Å². The van der Waals surface area contributed by atoms with Crippen LogP contribution in [0.25, 0.3) is 0 Å². The third kappa shape index (κ3) is 5.10. The Kier molecular flexibility index (Phi) is 5.58. The summed E-state index contributed by atoms with van der Waals surface area (Å²) in [5.74, 6) is -3.37. The predicted octanol–water partition coefficient (Wildman–Crippen LogP) is 4.96. The number of pyridine rings is 1. The molecular formula is C14H7Cl2F4NO4. The highest BCUT2D eigenvalue weighted by Gasteiger charge is 2.29. The Hall–Kier alpha value is -2.26. The van der Waals surface area contributed by atoms with Crippen LogP contribution >= 0.6 is 23.2 Å². The van der Waals surface area contributed by atoms with E-state index < -0.39 is 36.0 Å². The lowest BCUT2D eigenvalue weighted by Gasteiger charge is -2.12. The second kappa shape index (κ2) is 7.32. The topological polar surface area (TPSA) is 68.7 Å². The van der Waals surface area contributed by atoms with Crippen LogP contribution in [0.4, 0.5) is 17.6 Å². The van der Waals surface area contributed by atoms with Gasteiger partial charge >= 0.3 is 12.1 Å². The van der Waals surface area contributed by atoms with Crippen molar-refractivity contribution in [3.05, 3.63) is 45.8 Å². The summed E-state index contributed by atoms with van der Waals surface area (Å²) in [5.41, 5.74) is -0.649. The molecule has 0 spiro atoms. The Balaban J connectivity index is 2.20. The van der Waals surface area contributed by atoms with E-state index in [4.69, 9.17) is 33.0 Å². The van der Waals surface area contributed by atoms with Crippen LogP contribution in [0, 0.1) is 5.82 Å². The molecule has 11 heteroatoms. The van der Waals surface area contributed by atoms with Crippen LogP contribution in [0.3, 0.4) is 0 Å². The van der Waals surface area contributed by atoms with Crippen LogP contribution < -0.4 is 9.47 Å². The van der Waals surface area contributed by atoms with Gasteiger partial charge in [0.25, 0.3) is 0 Å². The zero-order valence-electron chi connectivity index (χ0n) is 11.9. The molecule has 0 fully saturated rings. The number of carboxylic acids is 1. The van der Waals surface area contributed by atoms with Crippen molar-refractivity contribution in [2.75, 3.05) is 6.61 Å². The average Bonchev–Trinajstić information content (AvgIpc) is 2.48. The molecule has 1 aromatic heterocycles. The fraction of sp³-hybridized carbons (Fsp3) is 0.143. The smallest absolute Gasteiger partial charge is 0.422 e. The molecule has 2 rings (SSSR count). The van der Waals surface area contributed by atoms with Crippen LogP contribution in [0.1, 0.15) is 10.4 Å². The number of carbonyl (C=O) groups is 1. The van der Waals surface area contributed by atoms with Crippen molar-refractivity contribution in [2.45, 2.75) is 6.18 Å². The molecule has 1 heterocycles. The zero-order valence-corrected chi connectivity index (χ0v) is 13.4. The molecule has 1 N–H and O–H groups in total. The summed E-state index contributed by atoms with van der Waals surface area (Å²) >= 11 is 11.6. The van der Waals surface area contributed by atoms with Crippen molar-refractivity contribution in [1.82, 2.24) is 4.98 Å². The highest BCUT2D eigenvalue weighted by Crippen LogP contribution is 2.34. The Morgan fingerprint density at radius 2 is 1.88 bits per heavy atom. The monoisotopic (exact) mass is 399 g/mol. The van der Waals surface area contributed by atoms with E-state index in [1.165, 1.54) is 0 Å². The molecule has 5 nitrogen and oxygen atoms in total. The van der Waals surface area contributed by atoms with E-state index in [0.29, 0.717) is 0 Å². The minimum Gasteiger partial charge on any atom is -0.478 e. The fourth-order valence-corrected chi connectivity index (χ4v) is 2.03. The van der Waals surface area contributed by atoms with Crippen LogP contribution in [-0.2, 0) is 0 Å². The first-order valence-electron chi connectivity index (χ1n) is 6.32. The molecule has 0 aliphatic rings. The molecule has 0 amide bonds. The number of ether oxygens (including phenoxy) is 2. The predicted molar refractivity (Wildman–Crippen MR) is 79.2 cm³/mol. The van der Waals surface area contributed by atoms with Crippen LogP contribution in [0.5, 0.6) is 17.4 Å². The molecule has 0 atom stereocenters. The molecule has 25 heavy (non-hydrogen) atoms. The van der Waals surface area contributed by atoms with Crippen molar-refractivity contribution in [3.8, 4) is 17.4 Å².